The average Bonchev–Trinajstić information content (AvgIpc) is 2.15. The molecule has 68 valence electrons. The van der Waals surface area contributed by atoms with Crippen LogP contribution in [0, 0.1) is 17.1 Å². The molecule has 1 aromatic rings. The molecule has 0 radical (unpaired) electrons. The van der Waals surface area contributed by atoms with E-state index in [2.05, 4.69) is 0 Å². The molecule has 0 spiro atoms. The number of rotatable bonds is 3. The predicted molar refractivity (Wildman–Crippen MR) is 46.9 cm³/mol. The molecule has 0 aliphatic carbocycles. The third-order valence-corrected chi connectivity index (χ3v) is 1.54. The van der Waals surface area contributed by atoms with Crippen molar-refractivity contribution in [2.45, 2.75) is 13.3 Å². The first-order chi connectivity index (χ1) is 6.29. The van der Waals surface area contributed by atoms with Gasteiger partial charge in [-0.05, 0) is 18.6 Å². The van der Waals surface area contributed by atoms with Crippen molar-refractivity contribution < 1.29 is 9.13 Å². The molecule has 0 heterocycles. The van der Waals surface area contributed by atoms with Crippen molar-refractivity contribution in [1.82, 2.24) is 0 Å². The predicted octanol–water partition coefficient (Wildman–Crippen LogP) is 2.49. The second kappa shape index (κ2) is 4.46. The van der Waals surface area contributed by atoms with Crippen LogP contribution in [0.3, 0.4) is 0 Å². The molecule has 1 aromatic carbocycles. The molecule has 1 rings (SSSR count). The minimum atomic E-state index is -0.479. The fourth-order valence-corrected chi connectivity index (χ4v) is 0.948. The van der Waals surface area contributed by atoms with Gasteiger partial charge in [-0.1, -0.05) is 13.0 Å². The molecular weight excluding hydrogens is 169 g/mol. The van der Waals surface area contributed by atoms with Crippen molar-refractivity contribution in [1.29, 1.82) is 5.26 Å². The zero-order valence-corrected chi connectivity index (χ0v) is 7.38. The van der Waals surface area contributed by atoms with Crippen LogP contribution in [-0.2, 0) is 0 Å². The van der Waals surface area contributed by atoms with E-state index in [9.17, 15) is 4.39 Å². The first-order valence-corrected chi connectivity index (χ1v) is 4.11. The zero-order valence-electron chi connectivity index (χ0n) is 7.38. The summed E-state index contributed by atoms with van der Waals surface area (Å²) in [4.78, 5) is 0. The van der Waals surface area contributed by atoms with E-state index in [1.807, 2.05) is 13.0 Å². The summed E-state index contributed by atoms with van der Waals surface area (Å²) < 4.78 is 18.2. The lowest BCUT2D eigenvalue weighted by molar-refractivity contribution is 0.300. The number of nitrogens with zero attached hydrogens (tertiary/aromatic N) is 1. The van der Waals surface area contributed by atoms with Crippen LogP contribution in [0.4, 0.5) is 4.39 Å². The van der Waals surface area contributed by atoms with Crippen LogP contribution in [-0.4, -0.2) is 6.61 Å². The van der Waals surface area contributed by atoms with E-state index in [-0.39, 0.29) is 11.3 Å². The molecule has 2 nitrogen and oxygen atoms in total. The Balaban J connectivity index is 2.95. The van der Waals surface area contributed by atoms with Crippen LogP contribution in [0.5, 0.6) is 5.75 Å². The smallest absolute Gasteiger partial charge is 0.172 e. The molecule has 0 aromatic heterocycles. The minimum Gasteiger partial charge on any atom is -0.489 e. The molecule has 0 N–H and O–H groups in total. The van der Waals surface area contributed by atoms with Gasteiger partial charge in [0.15, 0.2) is 11.6 Å². The Morgan fingerprint density at radius 3 is 2.92 bits per heavy atom. The number of benzene rings is 1. The Morgan fingerprint density at radius 1 is 1.54 bits per heavy atom. The second-order valence-electron chi connectivity index (χ2n) is 2.58. The van der Waals surface area contributed by atoms with E-state index in [1.165, 1.54) is 18.2 Å². The Labute approximate surface area is 76.6 Å². The van der Waals surface area contributed by atoms with E-state index in [1.54, 1.807) is 0 Å². The van der Waals surface area contributed by atoms with Gasteiger partial charge in [0.2, 0.25) is 0 Å². The highest BCUT2D eigenvalue weighted by Gasteiger charge is 2.08. The summed E-state index contributed by atoms with van der Waals surface area (Å²) in [6.07, 6.45) is 0.791. The van der Waals surface area contributed by atoms with Crippen LogP contribution in [0.15, 0.2) is 18.2 Å². The van der Waals surface area contributed by atoms with Gasteiger partial charge in [-0.25, -0.2) is 4.39 Å². The highest BCUT2D eigenvalue weighted by Crippen LogP contribution is 2.21. The summed E-state index contributed by atoms with van der Waals surface area (Å²) in [5.74, 6) is -0.417. The first-order valence-electron chi connectivity index (χ1n) is 4.11. The molecule has 0 bridgehead atoms. The van der Waals surface area contributed by atoms with Gasteiger partial charge in [-0.3, -0.25) is 0 Å². The molecule has 0 unspecified atom stereocenters. The molecule has 0 aliphatic rings. The zero-order chi connectivity index (χ0) is 9.68. The van der Waals surface area contributed by atoms with E-state index in [0.717, 1.165) is 6.42 Å². The molecule has 0 saturated heterocycles. The lowest BCUT2D eigenvalue weighted by Crippen LogP contribution is -1.99. The minimum absolute atomic E-state index is 0.0619. The number of nitriles is 1. The van der Waals surface area contributed by atoms with Crippen molar-refractivity contribution >= 4 is 0 Å². The fourth-order valence-electron chi connectivity index (χ4n) is 0.948. The fraction of sp³-hybridized carbons (Fsp3) is 0.300. The quantitative estimate of drug-likeness (QED) is 0.714. The molecular formula is C10H10FNO. The molecule has 0 amide bonds. The maximum absolute atomic E-state index is 13.1. The number of para-hydroxylation sites is 1. The van der Waals surface area contributed by atoms with Gasteiger partial charge in [0.05, 0.1) is 12.2 Å². The lowest BCUT2D eigenvalue weighted by Gasteiger charge is -2.06. The van der Waals surface area contributed by atoms with Crippen molar-refractivity contribution in [3.05, 3.63) is 29.6 Å². The van der Waals surface area contributed by atoms with E-state index in [4.69, 9.17) is 10.00 Å². The van der Waals surface area contributed by atoms with E-state index in [0.29, 0.717) is 6.61 Å². The summed E-state index contributed by atoms with van der Waals surface area (Å²) in [7, 11) is 0. The third kappa shape index (κ3) is 2.19. The third-order valence-electron chi connectivity index (χ3n) is 1.54. The van der Waals surface area contributed by atoms with Gasteiger partial charge in [-0.2, -0.15) is 5.26 Å². The Kier molecular flexibility index (Phi) is 3.27. The Bertz CT molecular complexity index is 330. The van der Waals surface area contributed by atoms with Gasteiger partial charge >= 0.3 is 0 Å². The van der Waals surface area contributed by atoms with Gasteiger partial charge in [0.1, 0.15) is 6.07 Å². The van der Waals surface area contributed by atoms with Crippen LogP contribution >= 0.6 is 0 Å². The maximum Gasteiger partial charge on any atom is 0.172 e. The molecule has 3 heteroatoms. The Hall–Kier alpha value is -1.56. The van der Waals surface area contributed by atoms with Crippen molar-refractivity contribution in [2.75, 3.05) is 6.61 Å². The topological polar surface area (TPSA) is 33.0 Å². The molecule has 0 fully saturated rings. The maximum atomic E-state index is 13.1. The first kappa shape index (κ1) is 9.53. The number of hydrogen-bond donors (Lipinski definition) is 0. The van der Waals surface area contributed by atoms with Crippen LogP contribution in [0.25, 0.3) is 0 Å². The summed E-state index contributed by atoms with van der Waals surface area (Å²) in [5.41, 5.74) is 0.244. The molecule has 0 atom stereocenters. The summed E-state index contributed by atoms with van der Waals surface area (Å²) in [5, 5.41) is 8.65. The largest absolute Gasteiger partial charge is 0.489 e. The van der Waals surface area contributed by atoms with Crippen LogP contribution < -0.4 is 4.74 Å². The SMILES string of the molecule is CCCOc1c(F)cccc1C#N. The van der Waals surface area contributed by atoms with E-state index < -0.39 is 5.82 Å². The highest BCUT2D eigenvalue weighted by atomic mass is 19.1. The Morgan fingerprint density at radius 2 is 2.31 bits per heavy atom. The number of ether oxygens (including phenoxy) is 1. The van der Waals surface area contributed by atoms with Crippen LogP contribution in [0.2, 0.25) is 0 Å². The number of hydrogen-bond acceptors (Lipinski definition) is 2. The highest BCUT2D eigenvalue weighted by molar-refractivity contribution is 5.43. The van der Waals surface area contributed by atoms with Crippen molar-refractivity contribution in [2.24, 2.45) is 0 Å². The summed E-state index contributed by atoms with van der Waals surface area (Å²) >= 11 is 0. The van der Waals surface area contributed by atoms with Gasteiger partial charge < -0.3 is 4.74 Å². The number of halogens is 1. The second-order valence-corrected chi connectivity index (χ2v) is 2.58. The van der Waals surface area contributed by atoms with Gasteiger partial charge in [0, 0.05) is 0 Å². The molecule has 0 aliphatic heterocycles. The average molecular weight is 179 g/mol. The van der Waals surface area contributed by atoms with Gasteiger partial charge in [0.25, 0.3) is 0 Å². The van der Waals surface area contributed by atoms with Crippen LogP contribution in [0.1, 0.15) is 18.9 Å². The molecule has 0 saturated carbocycles. The standard InChI is InChI=1S/C10H10FNO/c1-2-6-13-10-8(7-12)4-3-5-9(10)11/h3-5H,2,6H2,1H3. The van der Waals surface area contributed by atoms with E-state index >= 15 is 0 Å². The summed E-state index contributed by atoms with van der Waals surface area (Å²) in [6.45, 7) is 2.35. The molecule has 13 heavy (non-hydrogen) atoms. The lowest BCUT2D eigenvalue weighted by atomic mass is 10.2. The van der Waals surface area contributed by atoms with Crippen molar-refractivity contribution in [3.8, 4) is 11.8 Å². The summed E-state index contributed by atoms with van der Waals surface area (Å²) in [6, 6.07) is 6.19. The monoisotopic (exact) mass is 179 g/mol. The van der Waals surface area contributed by atoms with Crippen molar-refractivity contribution in [3.63, 3.8) is 0 Å². The van der Waals surface area contributed by atoms with Gasteiger partial charge in [-0.15, -0.1) is 0 Å². The normalized spacial score (nSPS) is 9.31.